The molecule has 0 bridgehead atoms. The molecule has 1 aliphatic carbocycles. The quantitative estimate of drug-likeness (QED) is 0.804. The van der Waals surface area contributed by atoms with Gasteiger partial charge in [0.15, 0.2) is 0 Å². The third-order valence-corrected chi connectivity index (χ3v) is 5.44. The summed E-state index contributed by atoms with van der Waals surface area (Å²) in [6, 6.07) is 6.03. The Hall–Kier alpha value is -2.30. The second kappa shape index (κ2) is 6.90. The van der Waals surface area contributed by atoms with Gasteiger partial charge in [-0.1, -0.05) is 18.9 Å². The molecule has 25 heavy (non-hydrogen) atoms. The molecule has 1 aromatic carbocycles. The summed E-state index contributed by atoms with van der Waals surface area (Å²) in [5.41, 5.74) is 5.16. The highest BCUT2D eigenvalue weighted by Gasteiger charge is 2.26. The topological polar surface area (TPSA) is 74.0 Å². The zero-order chi connectivity index (χ0) is 17.2. The van der Waals surface area contributed by atoms with Gasteiger partial charge in [0.2, 0.25) is 11.8 Å². The fourth-order valence-corrected chi connectivity index (χ4v) is 4.04. The first-order chi connectivity index (χ1) is 12.2. The zero-order valence-corrected chi connectivity index (χ0v) is 14.5. The number of aromatic amines is 1. The van der Waals surface area contributed by atoms with Crippen molar-refractivity contribution in [2.45, 2.75) is 64.0 Å². The van der Waals surface area contributed by atoms with Crippen LogP contribution in [0.2, 0.25) is 0 Å². The summed E-state index contributed by atoms with van der Waals surface area (Å²) in [5.74, 6) is -0.122. The van der Waals surface area contributed by atoms with E-state index in [1.165, 1.54) is 47.8 Å². The van der Waals surface area contributed by atoms with Crippen molar-refractivity contribution >= 4 is 22.7 Å². The molecule has 3 N–H and O–H groups in total. The number of aromatic nitrogens is 1. The molecule has 132 valence electrons. The lowest BCUT2D eigenvalue weighted by molar-refractivity contribution is -0.125. The average Bonchev–Trinajstić information content (AvgIpc) is 3.16. The Morgan fingerprint density at radius 1 is 1.12 bits per heavy atom. The van der Waals surface area contributed by atoms with Crippen molar-refractivity contribution in [1.82, 2.24) is 15.6 Å². The summed E-state index contributed by atoms with van der Waals surface area (Å²) in [6.07, 6.45) is 8.46. The van der Waals surface area contributed by atoms with E-state index >= 15 is 0 Å². The SMILES string of the molecule is O=C1CC[C@@H](C(=O)NCc2ccc3[nH]c4c(c3c2)CCCCCC4)N1. The Morgan fingerprint density at radius 3 is 2.76 bits per heavy atom. The molecule has 2 amide bonds. The number of rotatable bonds is 3. The fourth-order valence-electron chi connectivity index (χ4n) is 4.04. The van der Waals surface area contributed by atoms with E-state index in [9.17, 15) is 9.59 Å². The predicted molar refractivity (Wildman–Crippen MR) is 97.2 cm³/mol. The highest BCUT2D eigenvalue weighted by Crippen LogP contribution is 2.28. The summed E-state index contributed by atoms with van der Waals surface area (Å²) >= 11 is 0. The standard InChI is InChI=1S/C20H25N3O2/c24-19-10-9-18(23-19)20(25)21-12-13-7-8-17-15(11-13)14-5-3-1-2-4-6-16(14)22-17/h7-8,11,18,22H,1-6,9-10,12H2,(H,21,25)(H,23,24)/t18-/m0/s1. The molecule has 5 heteroatoms. The highest BCUT2D eigenvalue weighted by molar-refractivity contribution is 5.91. The first-order valence-electron chi connectivity index (χ1n) is 9.40. The van der Waals surface area contributed by atoms with Crippen molar-refractivity contribution < 1.29 is 9.59 Å². The monoisotopic (exact) mass is 339 g/mol. The van der Waals surface area contributed by atoms with Gasteiger partial charge in [-0.3, -0.25) is 9.59 Å². The second-order valence-corrected chi connectivity index (χ2v) is 7.25. The first kappa shape index (κ1) is 16.2. The van der Waals surface area contributed by atoms with E-state index in [0.29, 0.717) is 19.4 Å². The number of hydrogen-bond acceptors (Lipinski definition) is 2. The van der Waals surface area contributed by atoms with Gasteiger partial charge in [-0.05, 0) is 55.4 Å². The molecule has 1 aliphatic heterocycles. The molecule has 5 nitrogen and oxygen atoms in total. The number of nitrogens with one attached hydrogen (secondary N) is 3. The van der Waals surface area contributed by atoms with E-state index in [2.05, 4.69) is 33.8 Å². The molecule has 1 saturated heterocycles. The molecule has 2 aliphatic rings. The molecule has 4 rings (SSSR count). The van der Waals surface area contributed by atoms with Crippen molar-refractivity contribution in [3.05, 3.63) is 35.0 Å². The summed E-state index contributed by atoms with van der Waals surface area (Å²) in [5, 5.41) is 6.97. The third kappa shape index (κ3) is 3.41. The number of carbonyl (C=O) groups excluding carboxylic acids is 2. The molecule has 0 saturated carbocycles. The average molecular weight is 339 g/mol. The van der Waals surface area contributed by atoms with Gasteiger partial charge in [-0.2, -0.15) is 0 Å². The Kier molecular flexibility index (Phi) is 4.47. The molecule has 0 spiro atoms. The maximum atomic E-state index is 12.2. The minimum atomic E-state index is -0.372. The zero-order valence-electron chi connectivity index (χ0n) is 14.5. The van der Waals surface area contributed by atoms with Gasteiger partial charge in [0, 0.05) is 29.6 Å². The van der Waals surface area contributed by atoms with Gasteiger partial charge in [0.1, 0.15) is 6.04 Å². The van der Waals surface area contributed by atoms with E-state index in [0.717, 1.165) is 18.4 Å². The largest absolute Gasteiger partial charge is 0.358 e. The van der Waals surface area contributed by atoms with Crippen LogP contribution in [0.5, 0.6) is 0 Å². The van der Waals surface area contributed by atoms with Crippen LogP contribution in [0.4, 0.5) is 0 Å². The number of aryl methyl sites for hydroxylation is 2. The highest BCUT2D eigenvalue weighted by atomic mass is 16.2. The molecular formula is C20H25N3O2. The van der Waals surface area contributed by atoms with Crippen molar-refractivity contribution in [2.24, 2.45) is 0 Å². The van der Waals surface area contributed by atoms with Crippen LogP contribution in [0.25, 0.3) is 10.9 Å². The van der Waals surface area contributed by atoms with Gasteiger partial charge in [-0.25, -0.2) is 0 Å². The fraction of sp³-hybridized carbons (Fsp3) is 0.500. The van der Waals surface area contributed by atoms with E-state index in [1.54, 1.807) is 0 Å². The predicted octanol–water partition coefficient (Wildman–Crippen LogP) is 2.72. The lowest BCUT2D eigenvalue weighted by Gasteiger charge is -2.11. The number of fused-ring (bicyclic) bond motifs is 3. The molecule has 1 fully saturated rings. The number of carbonyl (C=O) groups is 2. The van der Waals surface area contributed by atoms with E-state index < -0.39 is 0 Å². The van der Waals surface area contributed by atoms with Gasteiger partial charge in [-0.15, -0.1) is 0 Å². The van der Waals surface area contributed by atoms with Crippen molar-refractivity contribution in [3.63, 3.8) is 0 Å². The van der Waals surface area contributed by atoms with Crippen LogP contribution in [0.15, 0.2) is 18.2 Å². The molecule has 0 radical (unpaired) electrons. The Balaban J connectivity index is 1.49. The lowest BCUT2D eigenvalue weighted by Crippen LogP contribution is -2.41. The summed E-state index contributed by atoms with van der Waals surface area (Å²) in [7, 11) is 0. The van der Waals surface area contributed by atoms with E-state index in [4.69, 9.17) is 0 Å². The molecule has 0 unspecified atom stereocenters. The van der Waals surface area contributed by atoms with Crippen molar-refractivity contribution in [3.8, 4) is 0 Å². The molecule has 1 aromatic heterocycles. The lowest BCUT2D eigenvalue weighted by atomic mass is 9.96. The van der Waals surface area contributed by atoms with Crippen LogP contribution < -0.4 is 10.6 Å². The number of H-pyrrole nitrogens is 1. The normalized spacial score (nSPS) is 20.6. The second-order valence-electron chi connectivity index (χ2n) is 7.25. The number of hydrogen-bond donors (Lipinski definition) is 3. The minimum Gasteiger partial charge on any atom is -0.358 e. The summed E-state index contributed by atoms with van der Waals surface area (Å²) in [6.45, 7) is 0.501. The van der Waals surface area contributed by atoms with E-state index in [-0.39, 0.29) is 17.9 Å². The maximum absolute atomic E-state index is 12.2. The molecule has 2 aromatic rings. The van der Waals surface area contributed by atoms with Crippen LogP contribution >= 0.6 is 0 Å². The smallest absolute Gasteiger partial charge is 0.242 e. The minimum absolute atomic E-state index is 0.0347. The van der Waals surface area contributed by atoms with Gasteiger partial charge >= 0.3 is 0 Å². The van der Waals surface area contributed by atoms with E-state index in [1.807, 2.05) is 0 Å². The third-order valence-electron chi connectivity index (χ3n) is 5.44. The number of amides is 2. The first-order valence-corrected chi connectivity index (χ1v) is 9.40. The Bertz CT molecular complexity index is 809. The summed E-state index contributed by atoms with van der Waals surface area (Å²) in [4.78, 5) is 27.0. The van der Waals surface area contributed by atoms with Crippen molar-refractivity contribution in [1.29, 1.82) is 0 Å². The van der Waals surface area contributed by atoms with Crippen LogP contribution in [-0.2, 0) is 29.0 Å². The van der Waals surface area contributed by atoms with Gasteiger partial charge in [0.25, 0.3) is 0 Å². The van der Waals surface area contributed by atoms with Crippen LogP contribution in [-0.4, -0.2) is 22.8 Å². The van der Waals surface area contributed by atoms with Crippen LogP contribution in [0.3, 0.4) is 0 Å². The molecule has 1 atom stereocenters. The Labute approximate surface area is 147 Å². The maximum Gasteiger partial charge on any atom is 0.242 e. The van der Waals surface area contributed by atoms with Crippen LogP contribution in [0, 0.1) is 0 Å². The van der Waals surface area contributed by atoms with Crippen LogP contribution in [0.1, 0.15) is 55.3 Å². The Morgan fingerprint density at radius 2 is 1.96 bits per heavy atom. The van der Waals surface area contributed by atoms with Crippen molar-refractivity contribution in [2.75, 3.05) is 0 Å². The molecule has 2 heterocycles. The number of benzene rings is 1. The summed E-state index contributed by atoms with van der Waals surface area (Å²) < 4.78 is 0. The van der Waals surface area contributed by atoms with Gasteiger partial charge < -0.3 is 15.6 Å². The molecular weight excluding hydrogens is 314 g/mol. The van der Waals surface area contributed by atoms with Gasteiger partial charge in [0.05, 0.1) is 0 Å².